The number of rotatable bonds is 6. The minimum Gasteiger partial charge on any atom is -0.346 e. The van der Waals surface area contributed by atoms with Crippen molar-refractivity contribution in [3.8, 4) is 0 Å². The Hall–Kier alpha value is -1.48. The van der Waals surface area contributed by atoms with Gasteiger partial charge in [0.15, 0.2) is 0 Å². The molecule has 9 heteroatoms. The highest BCUT2D eigenvalue weighted by atomic mass is 35.5. The van der Waals surface area contributed by atoms with Crippen LogP contribution in [0.5, 0.6) is 0 Å². The van der Waals surface area contributed by atoms with Crippen LogP contribution in [-0.2, 0) is 16.6 Å². The number of aromatic nitrogens is 1. The quantitative estimate of drug-likeness (QED) is 0.728. The lowest BCUT2D eigenvalue weighted by Gasteiger charge is -2.21. The van der Waals surface area contributed by atoms with Gasteiger partial charge in [0, 0.05) is 22.4 Å². The zero-order valence-electron chi connectivity index (χ0n) is 16.0. The van der Waals surface area contributed by atoms with Crippen LogP contribution in [0.3, 0.4) is 0 Å². The summed E-state index contributed by atoms with van der Waals surface area (Å²) in [7, 11) is -3.85. The highest BCUT2D eigenvalue weighted by molar-refractivity contribution is 7.89. The predicted octanol–water partition coefficient (Wildman–Crippen LogP) is 3.93. The Labute approximate surface area is 169 Å². The smallest absolute Gasteiger partial charge is 0.251 e. The van der Waals surface area contributed by atoms with Crippen molar-refractivity contribution in [2.75, 3.05) is 0 Å². The van der Waals surface area contributed by atoms with Gasteiger partial charge in [0.2, 0.25) is 10.0 Å². The van der Waals surface area contributed by atoms with Gasteiger partial charge in [-0.3, -0.25) is 4.79 Å². The molecule has 2 aromatic rings. The van der Waals surface area contributed by atoms with E-state index in [2.05, 4.69) is 28.9 Å². The van der Waals surface area contributed by atoms with Crippen molar-refractivity contribution < 1.29 is 13.2 Å². The molecular weight excluding hydrogens is 406 g/mol. The molecule has 0 unspecified atom stereocenters. The van der Waals surface area contributed by atoms with Crippen molar-refractivity contribution in [1.29, 1.82) is 0 Å². The van der Waals surface area contributed by atoms with Crippen molar-refractivity contribution >= 4 is 38.9 Å². The zero-order valence-corrected chi connectivity index (χ0v) is 18.3. The highest BCUT2D eigenvalue weighted by Crippen LogP contribution is 2.24. The van der Waals surface area contributed by atoms with Crippen LogP contribution in [0.2, 0.25) is 5.02 Å². The Balaban J connectivity index is 2.17. The fourth-order valence-corrected chi connectivity index (χ4v) is 5.03. The summed E-state index contributed by atoms with van der Waals surface area (Å²) in [4.78, 5) is 16.8. The first-order chi connectivity index (χ1) is 12.4. The molecule has 0 spiro atoms. The van der Waals surface area contributed by atoms with E-state index >= 15 is 0 Å². The Morgan fingerprint density at radius 3 is 2.52 bits per heavy atom. The predicted molar refractivity (Wildman–Crippen MR) is 109 cm³/mol. The minimum atomic E-state index is -3.85. The summed E-state index contributed by atoms with van der Waals surface area (Å²) in [6.07, 6.45) is 0. The van der Waals surface area contributed by atoms with Crippen molar-refractivity contribution in [3.63, 3.8) is 0 Å². The van der Waals surface area contributed by atoms with Crippen LogP contribution >= 0.6 is 22.9 Å². The van der Waals surface area contributed by atoms with E-state index in [0.717, 1.165) is 10.7 Å². The third kappa shape index (κ3) is 6.00. The molecule has 1 heterocycles. The average Bonchev–Trinajstić information content (AvgIpc) is 2.99. The summed E-state index contributed by atoms with van der Waals surface area (Å²) < 4.78 is 27.6. The second-order valence-electron chi connectivity index (χ2n) is 7.52. The van der Waals surface area contributed by atoms with E-state index in [-0.39, 0.29) is 22.0 Å². The number of sulfonamides is 1. The number of halogens is 1. The van der Waals surface area contributed by atoms with Gasteiger partial charge in [0.25, 0.3) is 5.91 Å². The minimum absolute atomic E-state index is 0.0596. The molecule has 6 nitrogen and oxygen atoms in total. The maximum atomic E-state index is 12.6. The number of hydrogen-bond acceptors (Lipinski definition) is 5. The van der Waals surface area contributed by atoms with E-state index in [1.165, 1.54) is 18.2 Å². The number of carbonyl (C=O) groups is 1. The van der Waals surface area contributed by atoms with Gasteiger partial charge in [-0.2, -0.15) is 0 Å². The van der Waals surface area contributed by atoms with Gasteiger partial charge in [0.05, 0.1) is 22.3 Å². The van der Waals surface area contributed by atoms with E-state index in [4.69, 9.17) is 11.6 Å². The molecule has 0 radical (unpaired) electrons. The molecule has 0 saturated heterocycles. The average molecular weight is 430 g/mol. The fourth-order valence-electron chi connectivity index (χ4n) is 2.25. The first-order valence-corrected chi connectivity index (χ1v) is 11.2. The molecule has 0 fully saturated rings. The second kappa shape index (κ2) is 8.26. The number of hydrogen-bond donors (Lipinski definition) is 2. The summed E-state index contributed by atoms with van der Waals surface area (Å²) in [5.41, 5.74) is 0.320. The second-order valence-corrected chi connectivity index (χ2v) is 10.5. The largest absolute Gasteiger partial charge is 0.346 e. The molecule has 1 amide bonds. The first kappa shape index (κ1) is 21.8. The summed E-state index contributed by atoms with van der Waals surface area (Å²) >= 11 is 7.61. The molecule has 0 aliphatic rings. The van der Waals surface area contributed by atoms with Crippen molar-refractivity contribution in [2.24, 2.45) is 0 Å². The Bertz CT molecular complexity index is 932. The molecule has 1 aromatic heterocycles. The van der Waals surface area contributed by atoms with Gasteiger partial charge in [-0.1, -0.05) is 25.4 Å². The van der Waals surface area contributed by atoms with Gasteiger partial charge in [-0.05, 0) is 39.0 Å². The van der Waals surface area contributed by atoms with Crippen LogP contribution in [-0.4, -0.2) is 24.8 Å². The topological polar surface area (TPSA) is 88.2 Å². The summed E-state index contributed by atoms with van der Waals surface area (Å²) in [5.74, 6) is -0.0585. The Morgan fingerprint density at radius 2 is 1.96 bits per heavy atom. The van der Waals surface area contributed by atoms with E-state index in [1.54, 1.807) is 32.1 Å². The molecule has 0 aliphatic carbocycles. The Kier molecular flexibility index (Phi) is 6.68. The number of nitrogens with one attached hydrogen (secondary N) is 2. The van der Waals surface area contributed by atoms with Crippen LogP contribution < -0.4 is 10.0 Å². The molecule has 27 heavy (non-hydrogen) atoms. The summed E-state index contributed by atoms with van der Waals surface area (Å²) in [6, 6.07) is 4.19. The van der Waals surface area contributed by atoms with Crippen LogP contribution in [0.25, 0.3) is 0 Å². The SMILES string of the molecule is CC(C)c1nc(CNC(=O)c2ccc(Cl)c(S(=O)(=O)NC(C)(C)C)c2)cs1. The monoisotopic (exact) mass is 429 g/mol. The molecule has 2 N–H and O–H groups in total. The lowest BCUT2D eigenvalue weighted by atomic mass is 10.1. The molecule has 148 valence electrons. The maximum Gasteiger partial charge on any atom is 0.251 e. The van der Waals surface area contributed by atoms with Crippen molar-refractivity contribution in [1.82, 2.24) is 15.0 Å². The van der Waals surface area contributed by atoms with Crippen molar-refractivity contribution in [2.45, 2.75) is 57.5 Å². The Morgan fingerprint density at radius 1 is 1.30 bits per heavy atom. The van der Waals surface area contributed by atoms with E-state index < -0.39 is 21.5 Å². The fraction of sp³-hybridized carbons (Fsp3) is 0.444. The van der Waals surface area contributed by atoms with Crippen LogP contribution in [0.4, 0.5) is 0 Å². The van der Waals surface area contributed by atoms with Gasteiger partial charge in [0.1, 0.15) is 4.90 Å². The van der Waals surface area contributed by atoms with Gasteiger partial charge >= 0.3 is 0 Å². The highest BCUT2D eigenvalue weighted by Gasteiger charge is 2.25. The van der Waals surface area contributed by atoms with Crippen molar-refractivity contribution in [3.05, 3.63) is 44.9 Å². The first-order valence-electron chi connectivity index (χ1n) is 8.45. The number of nitrogens with zero attached hydrogens (tertiary/aromatic N) is 1. The molecule has 1 aromatic carbocycles. The standard InChI is InChI=1S/C18H24ClN3O3S2/c1-11(2)17-21-13(10-26-17)9-20-16(23)12-6-7-14(19)15(8-12)27(24,25)22-18(3,4)5/h6-8,10-11,22H,9H2,1-5H3,(H,20,23). The van der Waals surface area contributed by atoms with Crippen LogP contribution in [0, 0.1) is 0 Å². The molecule has 0 aliphatic heterocycles. The number of thiazole rings is 1. The van der Waals surface area contributed by atoms with Gasteiger partial charge < -0.3 is 5.32 Å². The van der Waals surface area contributed by atoms with Gasteiger partial charge in [-0.25, -0.2) is 18.1 Å². The molecule has 0 bridgehead atoms. The lowest BCUT2D eigenvalue weighted by molar-refractivity contribution is 0.0950. The summed E-state index contributed by atoms with van der Waals surface area (Å²) in [5, 5.41) is 5.73. The summed E-state index contributed by atoms with van der Waals surface area (Å²) in [6.45, 7) is 9.58. The normalized spacial score (nSPS) is 12.4. The maximum absolute atomic E-state index is 12.6. The zero-order chi connectivity index (χ0) is 20.4. The van der Waals surface area contributed by atoms with E-state index in [9.17, 15) is 13.2 Å². The lowest BCUT2D eigenvalue weighted by Crippen LogP contribution is -2.40. The van der Waals surface area contributed by atoms with Gasteiger partial charge in [-0.15, -0.1) is 11.3 Å². The third-order valence-corrected chi connectivity index (χ3v) is 6.85. The number of benzene rings is 1. The molecule has 0 saturated carbocycles. The number of carbonyl (C=O) groups excluding carboxylic acids is 1. The van der Waals surface area contributed by atoms with E-state index in [1.807, 2.05) is 5.38 Å². The third-order valence-electron chi connectivity index (χ3n) is 3.42. The molecule has 2 rings (SSSR count). The van der Waals surface area contributed by atoms with E-state index in [0.29, 0.717) is 5.92 Å². The van der Waals surface area contributed by atoms with Crippen LogP contribution in [0.15, 0.2) is 28.5 Å². The number of amides is 1. The molecule has 0 atom stereocenters. The molecular formula is C18H24ClN3O3S2. The van der Waals surface area contributed by atoms with Crippen LogP contribution in [0.1, 0.15) is 61.6 Å².